The van der Waals surface area contributed by atoms with Crippen molar-refractivity contribution in [3.05, 3.63) is 47.5 Å². The number of nitrogens with one attached hydrogen (secondary N) is 1. The van der Waals surface area contributed by atoms with Gasteiger partial charge in [0.1, 0.15) is 0 Å². The van der Waals surface area contributed by atoms with Gasteiger partial charge in [-0.2, -0.15) is 0 Å². The molecule has 25 heavy (non-hydrogen) atoms. The third kappa shape index (κ3) is 4.79. The monoisotopic (exact) mass is 345 g/mol. The van der Waals surface area contributed by atoms with E-state index in [0.29, 0.717) is 30.2 Å². The van der Waals surface area contributed by atoms with Gasteiger partial charge in [0.2, 0.25) is 5.75 Å². The van der Waals surface area contributed by atoms with Gasteiger partial charge in [0.15, 0.2) is 11.5 Å². The van der Waals surface area contributed by atoms with Crippen molar-refractivity contribution in [1.29, 1.82) is 0 Å². The van der Waals surface area contributed by atoms with Crippen molar-refractivity contribution in [2.24, 2.45) is 0 Å². The van der Waals surface area contributed by atoms with Gasteiger partial charge in [-0.1, -0.05) is 12.1 Å². The molecule has 0 atom stereocenters. The van der Waals surface area contributed by atoms with Crippen LogP contribution in [-0.2, 0) is 17.8 Å². The predicted octanol–water partition coefficient (Wildman–Crippen LogP) is 3.34. The highest BCUT2D eigenvalue weighted by atomic mass is 16.5. The number of ether oxygens (including phenoxy) is 3. The average molecular weight is 345 g/mol. The Bertz CT molecular complexity index is 730. The molecule has 0 bridgehead atoms. The van der Waals surface area contributed by atoms with Gasteiger partial charge in [0.25, 0.3) is 0 Å². The lowest BCUT2D eigenvalue weighted by Gasteiger charge is -2.16. The Morgan fingerprint density at radius 1 is 1.04 bits per heavy atom. The summed E-state index contributed by atoms with van der Waals surface area (Å²) in [5, 5.41) is 12.1. The number of hydrogen-bond donors (Lipinski definition) is 2. The fourth-order valence-corrected chi connectivity index (χ4v) is 2.59. The third-order valence-electron chi connectivity index (χ3n) is 3.82. The van der Waals surface area contributed by atoms with E-state index in [4.69, 9.17) is 19.3 Å². The first-order valence-electron chi connectivity index (χ1n) is 7.91. The van der Waals surface area contributed by atoms with E-state index in [9.17, 15) is 4.79 Å². The number of methoxy groups -OCH3 is 3. The summed E-state index contributed by atoms with van der Waals surface area (Å²) < 4.78 is 16.2. The zero-order valence-electron chi connectivity index (χ0n) is 14.7. The first kappa shape index (κ1) is 18.4. The van der Waals surface area contributed by atoms with Gasteiger partial charge in [0, 0.05) is 24.2 Å². The van der Waals surface area contributed by atoms with E-state index in [1.165, 1.54) is 0 Å². The average Bonchev–Trinajstić information content (AvgIpc) is 2.63. The van der Waals surface area contributed by atoms with Crippen molar-refractivity contribution in [2.45, 2.75) is 19.4 Å². The molecule has 6 nitrogen and oxygen atoms in total. The van der Waals surface area contributed by atoms with Crippen LogP contribution >= 0.6 is 0 Å². The summed E-state index contributed by atoms with van der Waals surface area (Å²) in [6.07, 6.45) is 0.623. The zero-order valence-corrected chi connectivity index (χ0v) is 14.7. The molecule has 0 spiro atoms. The molecular weight excluding hydrogens is 322 g/mol. The summed E-state index contributed by atoms with van der Waals surface area (Å²) in [6, 6.07) is 11.5. The Labute approximate surface area is 147 Å². The van der Waals surface area contributed by atoms with Crippen LogP contribution in [0.1, 0.15) is 17.5 Å². The molecule has 0 unspecified atom stereocenters. The van der Waals surface area contributed by atoms with Gasteiger partial charge in [-0.15, -0.1) is 0 Å². The summed E-state index contributed by atoms with van der Waals surface area (Å²) in [7, 11) is 4.74. The highest BCUT2D eigenvalue weighted by molar-refractivity contribution is 5.67. The molecule has 2 N–H and O–H groups in total. The van der Waals surface area contributed by atoms with Crippen molar-refractivity contribution < 1.29 is 24.1 Å². The lowest BCUT2D eigenvalue weighted by molar-refractivity contribution is -0.136. The minimum atomic E-state index is -0.798. The molecular formula is C19H23NO5. The number of carboxylic acid groups (broad SMARTS) is 1. The lowest BCUT2D eigenvalue weighted by Crippen LogP contribution is -2.04. The summed E-state index contributed by atoms with van der Waals surface area (Å²) in [5.74, 6) is 0.989. The normalized spacial score (nSPS) is 10.2. The van der Waals surface area contributed by atoms with E-state index < -0.39 is 5.97 Å². The third-order valence-corrected chi connectivity index (χ3v) is 3.82. The summed E-state index contributed by atoms with van der Waals surface area (Å²) in [6.45, 7) is 0.534. The van der Waals surface area contributed by atoms with Crippen LogP contribution in [-0.4, -0.2) is 32.4 Å². The molecule has 6 heteroatoms. The molecule has 0 saturated heterocycles. The van der Waals surface area contributed by atoms with Gasteiger partial charge in [0.05, 0.1) is 21.3 Å². The summed E-state index contributed by atoms with van der Waals surface area (Å²) in [5.41, 5.74) is 2.82. The van der Waals surface area contributed by atoms with Crippen LogP contribution in [0, 0.1) is 0 Å². The molecule has 0 aromatic heterocycles. The molecule has 0 heterocycles. The molecule has 134 valence electrons. The first-order valence-corrected chi connectivity index (χ1v) is 7.91. The summed E-state index contributed by atoms with van der Waals surface area (Å²) >= 11 is 0. The largest absolute Gasteiger partial charge is 0.493 e. The number of rotatable bonds is 9. The lowest BCUT2D eigenvalue weighted by atomic mass is 10.1. The minimum Gasteiger partial charge on any atom is -0.493 e. The van der Waals surface area contributed by atoms with Gasteiger partial charge in [-0.05, 0) is 36.2 Å². The van der Waals surface area contributed by atoms with Crippen LogP contribution in [0.2, 0.25) is 0 Å². The topological polar surface area (TPSA) is 77.0 Å². The predicted molar refractivity (Wildman–Crippen MR) is 95.8 cm³/mol. The van der Waals surface area contributed by atoms with E-state index >= 15 is 0 Å². The molecule has 2 aromatic rings. The maximum atomic E-state index is 10.7. The Balaban J connectivity index is 2.13. The second-order valence-electron chi connectivity index (χ2n) is 5.44. The molecule has 0 aliphatic heterocycles. The van der Waals surface area contributed by atoms with Crippen molar-refractivity contribution in [3.63, 3.8) is 0 Å². The smallest absolute Gasteiger partial charge is 0.303 e. The van der Waals surface area contributed by atoms with Gasteiger partial charge < -0.3 is 24.6 Å². The number of hydrogen-bond acceptors (Lipinski definition) is 5. The van der Waals surface area contributed by atoms with Crippen molar-refractivity contribution in [3.8, 4) is 17.2 Å². The van der Waals surface area contributed by atoms with Crippen LogP contribution in [0.25, 0.3) is 0 Å². The molecule has 0 radical (unpaired) electrons. The number of anilines is 1. The van der Waals surface area contributed by atoms with Crippen LogP contribution in [0.4, 0.5) is 5.69 Å². The van der Waals surface area contributed by atoms with Gasteiger partial charge in [-0.3, -0.25) is 4.79 Å². The maximum absolute atomic E-state index is 10.7. The van der Waals surface area contributed by atoms with Crippen molar-refractivity contribution in [1.82, 2.24) is 0 Å². The van der Waals surface area contributed by atoms with E-state index in [2.05, 4.69) is 5.32 Å². The Morgan fingerprint density at radius 3 is 2.44 bits per heavy atom. The Kier molecular flexibility index (Phi) is 6.51. The SMILES string of the molecule is COc1ccc(CNc2cccc(CCC(=O)O)c2)c(OC)c1OC. The molecule has 0 aliphatic carbocycles. The fraction of sp³-hybridized carbons (Fsp3) is 0.316. The maximum Gasteiger partial charge on any atom is 0.303 e. The zero-order chi connectivity index (χ0) is 18.2. The molecule has 0 fully saturated rings. The Hall–Kier alpha value is -2.89. The summed E-state index contributed by atoms with van der Waals surface area (Å²) in [4.78, 5) is 10.7. The van der Waals surface area contributed by atoms with E-state index in [0.717, 1.165) is 16.8 Å². The molecule has 0 amide bonds. The quantitative estimate of drug-likeness (QED) is 0.726. The van der Waals surface area contributed by atoms with Crippen LogP contribution in [0.3, 0.4) is 0 Å². The van der Waals surface area contributed by atoms with E-state index in [-0.39, 0.29) is 6.42 Å². The second kappa shape index (κ2) is 8.82. The van der Waals surface area contributed by atoms with Crippen LogP contribution < -0.4 is 19.5 Å². The minimum absolute atomic E-state index is 0.118. The van der Waals surface area contributed by atoms with E-state index in [1.54, 1.807) is 21.3 Å². The van der Waals surface area contributed by atoms with E-state index in [1.807, 2.05) is 36.4 Å². The molecule has 2 aromatic carbocycles. The number of aryl methyl sites for hydroxylation is 1. The number of carboxylic acids is 1. The number of carbonyl (C=O) groups is 1. The fourth-order valence-electron chi connectivity index (χ4n) is 2.59. The van der Waals surface area contributed by atoms with Crippen molar-refractivity contribution in [2.75, 3.05) is 26.6 Å². The number of aliphatic carboxylic acids is 1. The van der Waals surface area contributed by atoms with Crippen LogP contribution in [0.15, 0.2) is 36.4 Å². The van der Waals surface area contributed by atoms with Gasteiger partial charge >= 0.3 is 5.97 Å². The Morgan fingerprint density at radius 2 is 1.80 bits per heavy atom. The number of benzene rings is 2. The first-order chi connectivity index (χ1) is 12.1. The van der Waals surface area contributed by atoms with Crippen molar-refractivity contribution >= 4 is 11.7 Å². The van der Waals surface area contributed by atoms with Gasteiger partial charge in [-0.25, -0.2) is 0 Å². The van der Waals surface area contributed by atoms with Crippen LogP contribution in [0.5, 0.6) is 17.2 Å². The molecule has 2 rings (SSSR count). The molecule has 0 aliphatic rings. The second-order valence-corrected chi connectivity index (χ2v) is 5.44. The highest BCUT2D eigenvalue weighted by Gasteiger charge is 2.15. The highest BCUT2D eigenvalue weighted by Crippen LogP contribution is 2.39. The standard InChI is InChI=1S/C19H23NO5/c1-23-16-9-8-14(18(24-2)19(16)25-3)12-20-15-6-4-5-13(11-15)7-10-17(21)22/h4-6,8-9,11,20H,7,10,12H2,1-3H3,(H,21,22). The molecule has 0 saturated carbocycles.